The maximum atomic E-state index is 12.7. The van der Waals surface area contributed by atoms with E-state index in [1.165, 1.54) is 0 Å². The van der Waals surface area contributed by atoms with Gasteiger partial charge in [0.15, 0.2) is 0 Å². The Balaban J connectivity index is 5.54. The van der Waals surface area contributed by atoms with Crippen molar-refractivity contribution in [2.45, 2.75) is 78.6 Å². The number of carbonyl (C=O) groups excluding carboxylic acids is 3. The molecule has 0 rings (SSSR count). The first-order valence-corrected chi connectivity index (χ1v) is 10.3. The predicted octanol–water partition coefficient (Wildman–Crippen LogP) is -0.314. The Hall–Kier alpha value is -2.69. The van der Waals surface area contributed by atoms with E-state index in [0.717, 1.165) is 0 Å². The van der Waals surface area contributed by atoms with Gasteiger partial charge in [0.1, 0.15) is 18.1 Å². The third-order valence-corrected chi connectivity index (χ3v) is 4.60. The molecule has 0 aromatic heterocycles. The van der Waals surface area contributed by atoms with Crippen molar-refractivity contribution in [1.29, 1.82) is 0 Å². The molecule has 0 saturated heterocycles. The van der Waals surface area contributed by atoms with Gasteiger partial charge in [0.2, 0.25) is 17.7 Å². The van der Waals surface area contributed by atoms with Crippen LogP contribution in [0.5, 0.6) is 0 Å². The average Bonchev–Trinajstić information content (AvgIpc) is 2.62. The number of rotatable bonds is 13. The molecule has 0 aromatic carbocycles. The number of carboxylic acids is 2. The van der Waals surface area contributed by atoms with Gasteiger partial charge in [0.25, 0.3) is 0 Å². The second-order valence-corrected chi connectivity index (χ2v) is 8.69. The Morgan fingerprint density at radius 1 is 0.742 bits per heavy atom. The lowest BCUT2D eigenvalue weighted by Gasteiger charge is -2.26. The zero-order valence-corrected chi connectivity index (χ0v) is 19.0. The summed E-state index contributed by atoms with van der Waals surface area (Å²) in [5, 5.41) is 25.6. The molecular weight excluding hydrogens is 408 g/mol. The molecule has 0 fully saturated rings. The molecule has 0 aliphatic rings. The van der Waals surface area contributed by atoms with Crippen LogP contribution in [0, 0.1) is 17.8 Å². The molecule has 7 N–H and O–H groups in total. The van der Waals surface area contributed by atoms with Crippen LogP contribution in [0.15, 0.2) is 0 Å². The summed E-state index contributed by atoms with van der Waals surface area (Å²) in [7, 11) is 0. The van der Waals surface area contributed by atoms with E-state index in [1.54, 1.807) is 27.7 Å². The van der Waals surface area contributed by atoms with Crippen molar-refractivity contribution in [3.8, 4) is 0 Å². The smallest absolute Gasteiger partial charge is 0.326 e. The molecular formula is C20H36N4O7. The molecule has 0 aromatic rings. The van der Waals surface area contributed by atoms with Crippen LogP contribution in [-0.4, -0.2) is 64.0 Å². The zero-order valence-electron chi connectivity index (χ0n) is 19.0. The normalized spacial score (nSPS) is 15.2. The first-order chi connectivity index (χ1) is 14.2. The zero-order chi connectivity index (χ0) is 24.5. The summed E-state index contributed by atoms with van der Waals surface area (Å²) in [6, 6.07) is -4.66. The van der Waals surface area contributed by atoms with Gasteiger partial charge in [-0.25, -0.2) is 4.79 Å². The van der Waals surface area contributed by atoms with Crippen molar-refractivity contribution in [3.05, 3.63) is 0 Å². The minimum atomic E-state index is -1.45. The average molecular weight is 445 g/mol. The Bertz CT molecular complexity index is 664. The molecule has 0 saturated carbocycles. The van der Waals surface area contributed by atoms with Crippen LogP contribution in [-0.2, 0) is 24.0 Å². The van der Waals surface area contributed by atoms with Crippen LogP contribution in [0.2, 0.25) is 0 Å². The Labute approximate surface area is 182 Å². The predicted molar refractivity (Wildman–Crippen MR) is 113 cm³/mol. The van der Waals surface area contributed by atoms with Gasteiger partial charge in [-0.3, -0.25) is 19.2 Å². The van der Waals surface area contributed by atoms with Crippen LogP contribution < -0.4 is 21.7 Å². The first kappa shape index (κ1) is 28.3. The van der Waals surface area contributed by atoms with Crippen LogP contribution in [0.1, 0.15) is 54.4 Å². The molecule has 0 aliphatic heterocycles. The Morgan fingerprint density at radius 2 is 1.23 bits per heavy atom. The van der Waals surface area contributed by atoms with Crippen LogP contribution in [0.25, 0.3) is 0 Å². The fourth-order valence-electron chi connectivity index (χ4n) is 2.70. The van der Waals surface area contributed by atoms with Crippen molar-refractivity contribution in [1.82, 2.24) is 16.0 Å². The van der Waals surface area contributed by atoms with Gasteiger partial charge < -0.3 is 31.9 Å². The molecule has 4 unspecified atom stereocenters. The van der Waals surface area contributed by atoms with Gasteiger partial charge in [-0.1, -0.05) is 41.5 Å². The lowest BCUT2D eigenvalue weighted by atomic mass is 9.99. The quantitative estimate of drug-likeness (QED) is 0.223. The van der Waals surface area contributed by atoms with E-state index in [2.05, 4.69) is 16.0 Å². The number of nitrogens with two attached hydrogens (primary N) is 1. The summed E-state index contributed by atoms with van der Waals surface area (Å²) in [5.41, 5.74) is 5.76. The summed E-state index contributed by atoms with van der Waals surface area (Å²) in [4.78, 5) is 60.2. The van der Waals surface area contributed by atoms with E-state index >= 15 is 0 Å². The van der Waals surface area contributed by atoms with Crippen molar-refractivity contribution >= 4 is 29.7 Å². The van der Waals surface area contributed by atoms with Crippen molar-refractivity contribution in [2.75, 3.05) is 0 Å². The second kappa shape index (κ2) is 12.9. The topological polar surface area (TPSA) is 188 Å². The molecule has 3 amide bonds. The second-order valence-electron chi connectivity index (χ2n) is 8.69. The minimum Gasteiger partial charge on any atom is -0.481 e. The molecule has 0 aliphatic carbocycles. The van der Waals surface area contributed by atoms with Gasteiger partial charge in [-0.15, -0.1) is 0 Å². The van der Waals surface area contributed by atoms with Gasteiger partial charge in [-0.2, -0.15) is 0 Å². The van der Waals surface area contributed by atoms with Crippen molar-refractivity contribution < 1.29 is 34.2 Å². The Kier molecular flexibility index (Phi) is 11.8. The Morgan fingerprint density at radius 3 is 1.61 bits per heavy atom. The summed E-state index contributed by atoms with van der Waals surface area (Å²) in [6.45, 7) is 10.3. The molecule has 178 valence electrons. The molecule has 31 heavy (non-hydrogen) atoms. The highest BCUT2D eigenvalue weighted by molar-refractivity contribution is 5.95. The number of carboxylic acid groups (broad SMARTS) is 2. The number of hydrogen-bond acceptors (Lipinski definition) is 6. The van der Waals surface area contributed by atoms with E-state index in [1.807, 2.05) is 13.8 Å². The van der Waals surface area contributed by atoms with Gasteiger partial charge in [0, 0.05) is 0 Å². The molecule has 0 bridgehead atoms. The number of hydrogen-bond donors (Lipinski definition) is 6. The van der Waals surface area contributed by atoms with Crippen molar-refractivity contribution in [3.63, 3.8) is 0 Å². The minimum absolute atomic E-state index is 0.0414. The molecule has 11 nitrogen and oxygen atoms in total. The highest BCUT2D eigenvalue weighted by atomic mass is 16.4. The SMILES string of the molecule is CC(C)CC(NC(=O)C(CC(=O)O)NC(=O)C(N)C(C)C)C(=O)NC(C(=O)O)C(C)C. The lowest BCUT2D eigenvalue weighted by Crippen LogP contribution is -2.58. The third kappa shape index (κ3) is 10.3. The highest BCUT2D eigenvalue weighted by Gasteiger charge is 2.32. The van der Waals surface area contributed by atoms with Crippen LogP contribution >= 0.6 is 0 Å². The molecule has 11 heteroatoms. The van der Waals surface area contributed by atoms with E-state index < -0.39 is 66.2 Å². The van der Waals surface area contributed by atoms with E-state index in [-0.39, 0.29) is 18.3 Å². The molecule has 0 radical (unpaired) electrons. The van der Waals surface area contributed by atoms with E-state index in [4.69, 9.17) is 10.8 Å². The summed E-state index contributed by atoms with van der Waals surface area (Å²) in [5.74, 6) is -5.48. The third-order valence-electron chi connectivity index (χ3n) is 4.60. The standard InChI is InChI=1S/C20H36N4O7/c1-9(2)7-12(18(28)24-16(11(5)6)20(30)31)22-17(27)13(8-14(25)26)23-19(29)15(21)10(3)4/h9-13,15-16H,7-8,21H2,1-6H3,(H,22,27)(H,23,29)(H,24,28)(H,25,26)(H,30,31). The van der Waals surface area contributed by atoms with E-state index in [0.29, 0.717) is 0 Å². The lowest BCUT2D eigenvalue weighted by molar-refractivity contribution is -0.144. The maximum Gasteiger partial charge on any atom is 0.326 e. The number of carbonyl (C=O) groups is 5. The number of amides is 3. The number of nitrogens with one attached hydrogen (secondary N) is 3. The molecule has 0 spiro atoms. The fraction of sp³-hybridized carbons (Fsp3) is 0.750. The van der Waals surface area contributed by atoms with Crippen LogP contribution in [0.3, 0.4) is 0 Å². The van der Waals surface area contributed by atoms with E-state index in [9.17, 15) is 29.1 Å². The summed E-state index contributed by atoms with van der Waals surface area (Å²) in [6.07, 6.45) is -0.524. The van der Waals surface area contributed by atoms with Crippen LogP contribution in [0.4, 0.5) is 0 Å². The van der Waals surface area contributed by atoms with Gasteiger partial charge in [0.05, 0.1) is 12.5 Å². The summed E-state index contributed by atoms with van der Waals surface area (Å²) < 4.78 is 0. The van der Waals surface area contributed by atoms with Crippen molar-refractivity contribution in [2.24, 2.45) is 23.5 Å². The molecule has 0 heterocycles. The maximum absolute atomic E-state index is 12.7. The first-order valence-electron chi connectivity index (χ1n) is 10.3. The number of aliphatic carboxylic acids is 2. The monoisotopic (exact) mass is 444 g/mol. The fourth-order valence-corrected chi connectivity index (χ4v) is 2.70. The molecule has 4 atom stereocenters. The summed E-state index contributed by atoms with van der Waals surface area (Å²) >= 11 is 0. The van der Waals surface area contributed by atoms with Gasteiger partial charge in [-0.05, 0) is 24.2 Å². The van der Waals surface area contributed by atoms with Gasteiger partial charge >= 0.3 is 11.9 Å². The highest BCUT2D eigenvalue weighted by Crippen LogP contribution is 2.09. The largest absolute Gasteiger partial charge is 0.481 e.